The quantitative estimate of drug-likeness (QED) is 0.673. The second-order valence-electron chi connectivity index (χ2n) is 4.48. The monoisotopic (exact) mass is 270 g/mol. The molecule has 98 valence electrons. The van der Waals surface area contributed by atoms with Gasteiger partial charge in [-0.3, -0.25) is 15.0 Å². The maximum absolute atomic E-state index is 10.7. The van der Waals surface area contributed by atoms with Crippen LogP contribution in [0.4, 0.5) is 5.69 Å². The normalized spacial score (nSPS) is 20.2. The zero-order valence-corrected chi connectivity index (χ0v) is 10.6. The van der Waals surface area contributed by atoms with Crippen molar-refractivity contribution in [2.75, 3.05) is 13.2 Å². The summed E-state index contributed by atoms with van der Waals surface area (Å²) >= 11 is 6.06. The molecule has 0 aliphatic carbocycles. The minimum absolute atomic E-state index is 0.0501. The molecule has 1 fully saturated rings. The Kier molecular flexibility index (Phi) is 4.16. The fraction of sp³-hybridized carbons (Fsp3) is 0.500. The van der Waals surface area contributed by atoms with Gasteiger partial charge in [-0.15, -0.1) is 0 Å². The third-order valence-electron chi connectivity index (χ3n) is 3.32. The Morgan fingerprint density at radius 2 is 2.33 bits per heavy atom. The van der Waals surface area contributed by atoms with Crippen molar-refractivity contribution < 1.29 is 10.0 Å². The number of nitrogens with zero attached hydrogens (tertiary/aromatic N) is 2. The van der Waals surface area contributed by atoms with Crippen molar-refractivity contribution >= 4 is 17.3 Å². The number of likely N-dealkylation sites (tertiary alicyclic amines) is 1. The molecule has 1 aromatic rings. The van der Waals surface area contributed by atoms with E-state index < -0.39 is 4.92 Å². The van der Waals surface area contributed by atoms with Crippen molar-refractivity contribution in [3.8, 4) is 0 Å². The van der Waals surface area contributed by atoms with Crippen LogP contribution < -0.4 is 0 Å². The summed E-state index contributed by atoms with van der Waals surface area (Å²) in [5.74, 6) is 0. The van der Waals surface area contributed by atoms with Crippen LogP contribution in [0.15, 0.2) is 18.2 Å². The molecule has 1 aliphatic heterocycles. The van der Waals surface area contributed by atoms with E-state index in [-0.39, 0.29) is 18.3 Å². The molecule has 1 unspecified atom stereocenters. The number of benzene rings is 1. The summed E-state index contributed by atoms with van der Waals surface area (Å²) < 4.78 is 0. The zero-order valence-electron chi connectivity index (χ0n) is 9.88. The van der Waals surface area contributed by atoms with Crippen molar-refractivity contribution in [2.24, 2.45) is 0 Å². The molecule has 1 saturated heterocycles. The van der Waals surface area contributed by atoms with Crippen LogP contribution in [-0.2, 0) is 6.54 Å². The standard InChI is InChI=1S/C12H15ClN2O3/c13-12-4-3-10(15(17)18)6-9(12)7-14-5-1-2-11(14)8-16/h3-4,6,11,16H,1-2,5,7-8H2. The Labute approximate surface area is 110 Å². The van der Waals surface area contributed by atoms with Crippen LogP contribution in [0.5, 0.6) is 0 Å². The summed E-state index contributed by atoms with van der Waals surface area (Å²) in [5.41, 5.74) is 0.792. The number of nitro groups is 1. The lowest BCUT2D eigenvalue weighted by molar-refractivity contribution is -0.384. The van der Waals surface area contributed by atoms with Gasteiger partial charge in [-0.1, -0.05) is 11.6 Å². The fourth-order valence-corrected chi connectivity index (χ4v) is 2.50. The maximum Gasteiger partial charge on any atom is 0.269 e. The van der Waals surface area contributed by atoms with Crippen LogP contribution in [-0.4, -0.2) is 34.1 Å². The Morgan fingerprint density at radius 1 is 1.56 bits per heavy atom. The summed E-state index contributed by atoms with van der Waals surface area (Å²) in [6, 6.07) is 4.60. The molecular formula is C12H15ClN2O3. The first-order valence-electron chi connectivity index (χ1n) is 5.89. The second kappa shape index (κ2) is 5.65. The van der Waals surface area contributed by atoms with Crippen LogP contribution >= 0.6 is 11.6 Å². The largest absolute Gasteiger partial charge is 0.395 e. The summed E-state index contributed by atoms with van der Waals surface area (Å²) in [7, 11) is 0. The number of rotatable bonds is 4. The van der Waals surface area contributed by atoms with Gasteiger partial charge in [0.15, 0.2) is 0 Å². The van der Waals surface area contributed by atoms with Crippen LogP contribution in [0.1, 0.15) is 18.4 Å². The van der Waals surface area contributed by atoms with Crippen molar-refractivity contribution in [1.29, 1.82) is 0 Å². The van der Waals surface area contributed by atoms with Crippen LogP contribution in [0, 0.1) is 10.1 Å². The topological polar surface area (TPSA) is 66.6 Å². The Morgan fingerprint density at radius 3 is 3.00 bits per heavy atom. The molecule has 18 heavy (non-hydrogen) atoms. The summed E-state index contributed by atoms with van der Waals surface area (Å²) in [4.78, 5) is 12.4. The van der Waals surface area contributed by atoms with Crippen molar-refractivity contribution in [2.45, 2.75) is 25.4 Å². The predicted octanol–water partition coefficient (Wildman–Crippen LogP) is 2.20. The smallest absolute Gasteiger partial charge is 0.269 e. The number of hydrogen-bond donors (Lipinski definition) is 1. The van der Waals surface area contributed by atoms with Gasteiger partial charge in [-0.05, 0) is 31.0 Å². The predicted molar refractivity (Wildman–Crippen MR) is 68.6 cm³/mol. The minimum Gasteiger partial charge on any atom is -0.395 e. The Balaban J connectivity index is 2.17. The SMILES string of the molecule is O=[N+]([O-])c1ccc(Cl)c(CN2CCCC2CO)c1. The third-order valence-corrected chi connectivity index (χ3v) is 3.69. The highest BCUT2D eigenvalue weighted by molar-refractivity contribution is 6.31. The van der Waals surface area contributed by atoms with Crippen LogP contribution in [0.25, 0.3) is 0 Å². The van der Waals surface area contributed by atoms with E-state index in [2.05, 4.69) is 4.90 Å². The van der Waals surface area contributed by atoms with Gasteiger partial charge < -0.3 is 5.11 Å². The van der Waals surface area contributed by atoms with E-state index in [0.717, 1.165) is 24.9 Å². The molecule has 0 radical (unpaired) electrons. The molecule has 1 atom stereocenters. The van der Waals surface area contributed by atoms with E-state index in [9.17, 15) is 15.2 Å². The summed E-state index contributed by atoms with van der Waals surface area (Å²) in [6.07, 6.45) is 2.00. The first-order valence-corrected chi connectivity index (χ1v) is 6.27. The minimum atomic E-state index is -0.423. The van der Waals surface area contributed by atoms with Crippen LogP contribution in [0.3, 0.4) is 0 Å². The van der Waals surface area contributed by atoms with E-state index in [1.165, 1.54) is 12.1 Å². The number of halogens is 1. The van der Waals surface area contributed by atoms with Crippen LogP contribution in [0.2, 0.25) is 5.02 Å². The first kappa shape index (κ1) is 13.3. The average molecular weight is 271 g/mol. The van der Waals surface area contributed by atoms with Crippen molar-refractivity contribution in [3.63, 3.8) is 0 Å². The van der Waals surface area contributed by atoms with Gasteiger partial charge in [0.2, 0.25) is 0 Å². The molecule has 5 nitrogen and oxygen atoms in total. The zero-order chi connectivity index (χ0) is 13.1. The highest BCUT2D eigenvalue weighted by atomic mass is 35.5. The lowest BCUT2D eigenvalue weighted by Crippen LogP contribution is -2.31. The van der Waals surface area contributed by atoms with Crippen molar-refractivity contribution in [1.82, 2.24) is 4.90 Å². The van der Waals surface area contributed by atoms with E-state index in [1.54, 1.807) is 6.07 Å². The molecule has 6 heteroatoms. The summed E-state index contributed by atoms with van der Waals surface area (Å²) in [6.45, 7) is 1.56. The molecule has 1 aromatic carbocycles. The second-order valence-corrected chi connectivity index (χ2v) is 4.89. The van der Waals surface area contributed by atoms with Gasteiger partial charge in [-0.25, -0.2) is 0 Å². The highest BCUT2D eigenvalue weighted by Crippen LogP contribution is 2.26. The first-order chi connectivity index (χ1) is 8.61. The highest BCUT2D eigenvalue weighted by Gasteiger charge is 2.24. The molecular weight excluding hydrogens is 256 g/mol. The van der Waals surface area contributed by atoms with Gasteiger partial charge in [0.1, 0.15) is 0 Å². The molecule has 0 saturated carbocycles. The molecule has 0 bridgehead atoms. The molecule has 1 aliphatic rings. The third kappa shape index (κ3) is 2.80. The van der Waals surface area contributed by atoms with Gasteiger partial charge in [-0.2, -0.15) is 0 Å². The average Bonchev–Trinajstić information content (AvgIpc) is 2.79. The van der Waals surface area contributed by atoms with E-state index in [0.29, 0.717) is 11.6 Å². The number of hydrogen-bond acceptors (Lipinski definition) is 4. The van der Waals surface area contributed by atoms with E-state index in [4.69, 9.17) is 11.6 Å². The molecule has 1 N–H and O–H groups in total. The number of aliphatic hydroxyl groups is 1. The molecule has 1 heterocycles. The number of aliphatic hydroxyl groups excluding tert-OH is 1. The molecule has 2 rings (SSSR count). The van der Waals surface area contributed by atoms with Gasteiger partial charge >= 0.3 is 0 Å². The van der Waals surface area contributed by atoms with Gasteiger partial charge in [0.25, 0.3) is 5.69 Å². The molecule has 0 amide bonds. The van der Waals surface area contributed by atoms with Gasteiger partial charge in [0.05, 0.1) is 11.5 Å². The fourth-order valence-electron chi connectivity index (χ4n) is 2.32. The Hall–Kier alpha value is -1.17. The maximum atomic E-state index is 10.7. The number of nitro benzene ring substituents is 1. The van der Waals surface area contributed by atoms with E-state index in [1.807, 2.05) is 0 Å². The van der Waals surface area contributed by atoms with E-state index >= 15 is 0 Å². The lowest BCUT2D eigenvalue weighted by atomic mass is 10.1. The summed E-state index contributed by atoms with van der Waals surface area (Å²) in [5, 5.41) is 20.5. The van der Waals surface area contributed by atoms with Gasteiger partial charge in [0, 0.05) is 29.7 Å². The molecule has 0 aromatic heterocycles. The Bertz CT molecular complexity index is 453. The lowest BCUT2D eigenvalue weighted by Gasteiger charge is -2.22. The molecule has 0 spiro atoms. The number of non-ortho nitro benzene ring substituents is 1. The van der Waals surface area contributed by atoms with Crippen molar-refractivity contribution in [3.05, 3.63) is 38.9 Å².